The number of hydrogen-bond donors (Lipinski definition) is 1. The van der Waals surface area contributed by atoms with Gasteiger partial charge in [0.25, 0.3) is 0 Å². The lowest BCUT2D eigenvalue weighted by Crippen LogP contribution is -2.42. The third-order valence-electron chi connectivity index (χ3n) is 2.25. The van der Waals surface area contributed by atoms with Gasteiger partial charge < -0.3 is 5.11 Å². The molecule has 1 unspecified atom stereocenters. The van der Waals surface area contributed by atoms with Gasteiger partial charge >= 0.3 is 5.97 Å². The van der Waals surface area contributed by atoms with Crippen molar-refractivity contribution in [2.75, 3.05) is 6.54 Å². The first-order valence-electron chi connectivity index (χ1n) is 4.96. The average molecular weight is 187 g/mol. The standard InChI is InChI=1S/C10H21NO2/c1-5-6-9(4)11(8(2)3)7-10(12)13/h8-9H,5-7H2,1-4H3,(H,12,13). The van der Waals surface area contributed by atoms with E-state index in [9.17, 15) is 4.79 Å². The van der Waals surface area contributed by atoms with Crippen LogP contribution in [0, 0.1) is 0 Å². The highest BCUT2D eigenvalue weighted by atomic mass is 16.4. The molecule has 0 spiro atoms. The first kappa shape index (κ1) is 12.4. The maximum Gasteiger partial charge on any atom is 0.317 e. The number of aliphatic carboxylic acids is 1. The molecular weight excluding hydrogens is 166 g/mol. The summed E-state index contributed by atoms with van der Waals surface area (Å²) >= 11 is 0. The first-order valence-corrected chi connectivity index (χ1v) is 4.96. The van der Waals surface area contributed by atoms with E-state index in [0.29, 0.717) is 12.1 Å². The molecule has 0 saturated carbocycles. The third kappa shape index (κ3) is 4.88. The topological polar surface area (TPSA) is 40.5 Å². The van der Waals surface area contributed by atoms with E-state index < -0.39 is 5.97 Å². The van der Waals surface area contributed by atoms with Crippen LogP contribution < -0.4 is 0 Å². The zero-order valence-electron chi connectivity index (χ0n) is 9.08. The number of carbonyl (C=O) groups is 1. The molecule has 0 aliphatic heterocycles. The quantitative estimate of drug-likeness (QED) is 0.691. The van der Waals surface area contributed by atoms with Gasteiger partial charge in [0.1, 0.15) is 0 Å². The number of nitrogens with zero attached hydrogens (tertiary/aromatic N) is 1. The Morgan fingerprint density at radius 3 is 2.23 bits per heavy atom. The predicted molar refractivity (Wildman–Crippen MR) is 53.8 cm³/mol. The summed E-state index contributed by atoms with van der Waals surface area (Å²) in [6.45, 7) is 8.44. The summed E-state index contributed by atoms with van der Waals surface area (Å²) in [5, 5.41) is 8.71. The molecule has 3 nitrogen and oxygen atoms in total. The maximum absolute atomic E-state index is 10.6. The summed E-state index contributed by atoms with van der Waals surface area (Å²) in [6, 6.07) is 0.666. The molecule has 0 bridgehead atoms. The second kappa shape index (κ2) is 5.97. The van der Waals surface area contributed by atoms with Crippen LogP contribution in [0.15, 0.2) is 0 Å². The highest BCUT2D eigenvalue weighted by Gasteiger charge is 2.18. The second-order valence-electron chi connectivity index (χ2n) is 3.80. The van der Waals surface area contributed by atoms with E-state index >= 15 is 0 Å². The molecule has 78 valence electrons. The van der Waals surface area contributed by atoms with Crippen molar-refractivity contribution < 1.29 is 9.90 Å². The van der Waals surface area contributed by atoms with Gasteiger partial charge in [-0.25, -0.2) is 0 Å². The molecule has 0 aromatic heterocycles. The Labute approximate surface area is 80.7 Å². The lowest BCUT2D eigenvalue weighted by atomic mass is 10.1. The highest BCUT2D eigenvalue weighted by molar-refractivity contribution is 5.69. The number of hydrogen-bond acceptors (Lipinski definition) is 2. The summed E-state index contributed by atoms with van der Waals surface area (Å²) in [6.07, 6.45) is 2.16. The van der Waals surface area contributed by atoms with Crippen LogP contribution in [0.25, 0.3) is 0 Å². The van der Waals surface area contributed by atoms with Gasteiger partial charge in [0, 0.05) is 12.1 Å². The normalized spacial score (nSPS) is 13.7. The van der Waals surface area contributed by atoms with Crippen molar-refractivity contribution >= 4 is 5.97 Å². The summed E-state index contributed by atoms with van der Waals surface area (Å²) < 4.78 is 0. The van der Waals surface area contributed by atoms with Crippen molar-refractivity contribution in [3.05, 3.63) is 0 Å². The van der Waals surface area contributed by atoms with Crippen molar-refractivity contribution in [1.82, 2.24) is 4.90 Å². The van der Waals surface area contributed by atoms with Gasteiger partial charge in [-0.1, -0.05) is 13.3 Å². The molecule has 0 heterocycles. The molecule has 0 aromatic carbocycles. The summed E-state index contributed by atoms with van der Waals surface area (Å²) in [4.78, 5) is 12.6. The minimum absolute atomic E-state index is 0.152. The predicted octanol–water partition coefficient (Wildman–Crippen LogP) is 1.97. The van der Waals surface area contributed by atoms with E-state index in [2.05, 4.69) is 13.8 Å². The Hall–Kier alpha value is -0.570. The van der Waals surface area contributed by atoms with Crippen LogP contribution in [0.4, 0.5) is 0 Å². The van der Waals surface area contributed by atoms with Gasteiger partial charge in [-0.15, -0.1) is 0 Å². The van der Waals surface area contributed by atoms with Gasteiger partial charge in [-0.2, -0.15) is 0 Å². The molecule has 13 heavy (non-hydrogen) atoms. The van der Waals surface area contributed by atoms with Crippen LogP contribution in [0.2, 0.25) is 0 Å². The fourth-order valence-corrected chi connectivity index (χ4v) is 1.59. The average Bonchev–Trinajstić information content (AvgIpc) is 1.99. The van der Waals surface area contributed by atoms with Gasteiger partial charge in [0.15, 0.2) is 0 Å². The number of carboxylic acid groups (broad SMARTS) is 1. The molecule has 0 fully saturated rings. The van der Waals surface area contributed by atoms with Crippen LogP contribution in [-0.4, -0.2) is 34.6 Å². The minimum atomic E-state index is -0.739. The van der Waals surface area contributed by atoms with Crippen LogP contribution in [0.3, 0.4) is 0 Å². The van der Waals surface area contributed by atoms with Gasteiger partial charge in [-0.05, 0) is 27.2 Å². The van der Waals surface area contributed by atoms with E-state index in [0.717, 1.165) is 12.8 Å². The third-order valence-corrected chi connectivity index (χ3v) is 2.25. The Balaban J connectivity index is 4.14. The van der Waals surface area contributed by atoms with Crippen molar-refractivity contribution in [1.29, 1.82) is 0 Å². The monoisotopic (exact) mass is 187 g/mol. The second-order valence-corrected chi connectivity index (χ2v) is 3.80. The van der Waals surface area contributed by atoms with E-state index in [1.165, 1.54) is 0 Å². The number of rotatable bonds is 6. The zero-order valence-corrected chi connectivity index (χ0v) is 9.08. The molecule has 0 saturated heterocycles. The van der Waals surface area contributed by atoms with Crippen LogP contribution in [0.1, 0.15) is 40.5 Å². The fourth-order valence-electron chi connectivity index (χ4n) is 1.59. The maximum atomic E-state index is 10.6. The van der Waals surface area contributed by atoms with E-state index in [1.807, 2.05) is 18.7 Å². The largest absolute Gasteiger partial charge is 0.480 e. The van der Waals surface area contributed by atoms with Crippen LogP contribution >= 0.6 is 0 Å². The molecule has 0 radical (unpaired) electrons. The van der Waals surface area contributed by atoms with Crippen LogP contribution in [-0.2, 0) is 4.79 Å². The Morgan fingerprint density at radius 2 is 1.92 bits per heavy atom. The lowest BCUT2D eigenvalue weighted by Gasteiger charge is -2.30. The molecular formula is C10H21NO2. The SMILES string of the molecule is CCCC(C)N(CC(=O)O)C(C)C. The lowest BCUT2D eigenvalue weighted by molar-refractivity contribution is -0.139. The Kier molecular flexibility index (Phi) is 5.71. The van der Waals surface area contributed by atoms with E-state index in [-0.39, 0.29) is 6.54 Å². The molecule has 0 rings (SSSR count). The summed E-state index contributed by atoms with van der Waals surface area (Å²) in [7, 11) is 0. The van der Waals surface area contributed by atoms with E-state index in [1.54, 1.807) is 0 Å². The van der Waals surface area contributed by atoms with Crippen molar-refractivity contribution in [2.45, 2.75) is 52.6 Å². The molecule has 3 heteroatoms. The van der Waals surface area contributed by atoms with E-state index in [4.69, 9.17) is 5.11 Å². The smallest absolute Gasteiger partial charge is 0.317 e. The number of carboxylic acids is 1. The molecule has 0 amide bonds. The van der Waals surface area contributed by atoms with Gasteiger partial charge in [0.05, 0.1) is 6.54 Å². The van der Waals surface area contributed by atoms with Gasteiger partial charge in [-0.3, -0.25) is 9.69 Å². The molecule has 1 atom stereocenters. The fraction of sp³-hybridized carbons (Fsp3) is 0.900. The minimum Gasteiger partial charge on any atom is -0.480 e. The summed E-state index contributed by atoms with van der Waals surface area (Å²) in [5.74, 6) is -0.739. The zero-order chi connectivity index (χ0) is 10.4. The Bertz CT molecular complexity index is 157. The van der Waals surface area contributed by atoms with Crippen molar-refractivity contribution in [2.24, 2.45) is 0 Å². The Morgan fingerprint density at radius 1 is 1.38 bits per heavy atom. The summed E-state index contributed by atoms with van der Waals surface area (Å²) in [5.41, 5.74) is 0. The van der Waals surface area contributed by atoms with Gasteiger partial charge in [0.2, 0.25) is 0 Å². The molecule has 0 aliphatic carbocycles. The van der Waals surface area contributed by atoms with Crippen LogP contribution in [0.5, 0.6) is 0 Å². The van der Waals surface area contributed by atoms with Crippen molar-refractivity contribution in [3.8, 4) is 0 Å². The van der Waals surface area contributed by atoms with Crippen molar-refractivity contribution in [3.63, 3.8) is 0 Å². The molecule has 1 N–H and O–H groups in total. The first-order chi connectivity index (χ1) is 5.99. The molecule has 0 aromatic rings. The highest BCUT2D eigenvalue weighted by Crippen LogP contribution is 2.09. The molecule has 0 aliphatic rings.